The molecule has 0 amide bonds. The van der Waals surface area contributed by atoms with E-state index in [2.05, 4.69) is 115 Å². The molecule has 214 valence electrons. The Morgan fingerprint density at radius 1 is 0.413 bits per heavy atom. The number of benzene rings is 7. The predicted octanol–water partition coefficient (Wildman–Crippen LogP) is 11.6. The van der Waals surface area contributed by atoms with Crippen LogP contribution in [0, 0.1) is 0 Å². The van der Waals surface area contributed by atoms with E-state index in [9.17, 15) is 0 Å². The molecule has 0 saturated carbocycles. The van der Waals surface area contributed by atoms with E-state index < -0.39 is 0 Å². The number of aromatic nitrogens is 2. The van der Waals surface area contributed by atoms with Gasteiger partial charge in [-0.25, -0.2) is 9.97 Å². The van der Waals surface area contributed by atoms with Crippen LogP contribution in [0.5, 0.6) is 0 Å². The fraction of sp³-hybridized carbons (Fsp3) is 0. The molecule has 0 saturated heterocycles. The van der Waals surface area contributed by atoms with Crippen LogP contribution in [0.1, 0.15) is 0 Å². The van der Waals surface area contributed by atoms with Crippen LogP contribution < -0.4 is 0 Å². The first kappa shape index (κ1) is 25.1. The molecule has 0 aliphatic carbocycles. The van der Waals surface area contributed by atoms with Gasteiger partial charge in [0.2, 0.25) is 0 Å². The monoisotopic (exact) mass is 588 g/mol. The summed E-state index contributed by atoms with van der Waals surface area (Å²) >= 11 is 0. The smallest absolute Gasteiger partial charge is 0.180 e. The van der Waals surface area contributed by atoms with E-state index in [1.54, 1.807) is 0 Å². The van der Waals surface area contributed by atoms with Crippen molar-refractivity contribution in [3.63, 3.8) is 0 Å². The van der Waals surface area contributed by atoms with Crippen molar-refractivity contribution in [3.05, 3.63) is 146 Å². The fourth-order valence-electron chi connectivity index (χ4n) is 6.93. The van der Waals surface area contributed by atoms with Gasteiger partial charge in [0, 0.05) is 32.7 Å². The predicted molar refractivity (Wildman–Crippen MR) is 188 cm³/mol. The first-order valence-corrected chi connectivity index (χ1v) is 15.4. The Morgan fingerprint density at radius 2 is 1.13 bits per heavy atom. The molecule has 7 aromatic carbocycles. The molecule has 0 fully saturated rings. The third kappa shape index (κ3) is 3.67. The highest BCUT2D eigenvalue weighted by molar-refractivity contribution is 6.22. The molecule has 46 heavy (non-hydrogen) atoms. The van der Waals surface area contributed by atoms with Crippen molar-refractivity contribution in [2.24, 2.45) is 0 Å². The molecular formula is C42H24N2O2. The molecule has 0 aliphatic heterocycles. The normalized spacial score (nSPS) is 11.9. The number of rotatable bonds is 3. The van der Waals surface area contributed by atoms with Crippen LogP contribution in [0.4, 0.5) is 0 Å². The van der Waals surface area contributed by atoms with Crippen molar-refractivity contribution >= 4 is 65.6 Å². The van der Waals surface area contributed by atoms with Gasteiger partial charge >= 0.3 is 0 Å². The van der Waals surface area contributed by atoms with E-state index in [0.717, 1.165) is 82.5 Å². The van der Waals surface area contributed by atoms with E-state index >= 15 is 0 Å². The van der Waals surface area contributed by atoms with Crippen LogP contribution in [0.3, 0.4) is 0 Å². The van der Waals surface area contributed by atoms with Gasteiger partial charge in [-0.2, -0.15) is 0 Å². The van der Waals surface area contributed by atoms with Crippen LogP contribution >= 0.6 is 0 Å². The zero-order valence-corrected chi connectivity index (χ0v) is 24.6. The Hall–Kier alpha value is -6.26. The van der Waals surface area contributed by atoms with Gasteiger partial charge < -0.3 is 8.83 Å². The van der Waals surface area contributed by atoms with Crippen molar-refractivity contribution in [1.82, 2.24) is 9.97 Å². The molecule has 3 aromatic heterocycles. The Balaban J connectivity index is 1.31. The minimum absolute atomic E-state index is 0.630. The average Bonchev–Trinajstić information content (AvgIpc) is 3.70. The van der Waals surface area contributed by atoms with Crippen molar-refractivity contribution < 1.29 is 8.83 Å². The maximum Gasteiger partial charge on any atom is 0.180 e. The van der Waals surface area contributed by atoms with E-state index in [1.165, 1.54) is 5.39 Å². The molecule has 4 nitrogen and oxygen atoms in total. The topological polar surface area (TPSA) is 52.1 Å². The SMILES string of the molecule is c1ccc(-c2cc3c(oc4cccc(-c5nc(-c6ccc7ccccc7c6)c6oc7ccccc7c6n5)c43)c3ccccc23)cc1. The molecule has 0 bridgehead atoms. The average molecular weight is 589 g/mol. The van der Waals surface area contributed by atoms with Crippen LogP contribution in [-0.4, -0.2) is 9.97 Å². The van der Waals surface area contributed by atoms with Crippen LogP contribution in [0.25, 0.3) is 99.3 Å². The van der Waals surface area contributed by atoms with Crippen molar-refractivity contribution in [1.29, 1.82) is 0 Å². The van der Waals surface area contributed by atoms with Gasteiger partial charge in [0.15, 0.2) is 11.4 Å². The Labute approximate surface area is 263 Å². The summed E-state index contributed by atoms with van der Waals surface area (Å²) in [5.41, 5.74) is 8.92. The minimum atomic E-state index is 0.630. The molecule has 0 spiro atoms. The molecule has 10 aromatic rings. The van der Waals surface area contributed by atoms with Gasteiger partial charge in [-0.1, -0.05) is 115 Å². The first-order valence-electron chi connectivity index (χ1n) is 15.4. The van der Waals surface area contributed by atoms with E-state index in [4.69, 9.17) is 18.8 Å². The molecule has 0 N–H and O–H groups in total. The summed E-state index contributed by atoms with van der Waals surface area (Å²) in [5.74, 6) is 0.630. The van der Waals surface area contributed by atoms with Crippen LogP contribution in [0.2, 0.25) is 0 Å². The second-order valence-corrected chi connectivity index (χ2v) is 11.7. The lowest BCUT2D eigenvalue weighted by atomic mass is 9.94. The third-order valence-electron chi connectivity index (χ3n) is 9.07. The summed E-state index contributed by atoms with van der Waals surface area (Å²) in [6.07, 6.45) is 0. The van der Waals surface area contributed by atoms with Gasteiger partial charge in [0.05, 0.1) is 0 Å². The lowest BCUT2D eigenvalue weighted by Crippen LogP contribution is -1.94. The fourth-order valence-corrected chi connectivity index (χ4v) is 6.93. The van der Waals surface area contributed by atoms with Crippen molar-refractivity contribution in [2.75, 3.05) is 0 Å². The zero-order valence-electron chi connectivity index (χ0n) is 24.6. The number of furan rings is 2. The number of hydrogen-bond acceptors (Lipinski definition) is 4. The first-order chi connectivity index (χ1) is 22.8. The molecule has 0 atom stereocenters. The quantitative estimate of drug-likeness (QED) is 0.206. The summed E-state index contributed by atoms with van der Waals surface area (Å²) in [7, 11) is 0. The Kier molecular flexibility index (Phi) is 5.25. The van der Waals surface area contributed by atoms with Gasteiger partial charge in [0.25, 0.3) is 0 Å². The largest absolute Gasteiger partial charge is 0.455 e. The second-order valence-electron chi connectivity index (χ2n) is 11.7. The van der Waals surface area contributed by atoms with Gasteiger partial charge in [-0.15, -0.1) is 0 Å². The summed E-state index contributed by atoms with van der Waals surface area (Å²) in [6.45, 7) is 0. The molecule has 0 radical (unpaired) electrons. The van der Waals surface area contributed by atoms with E-state index in [-0.39, 0.29) is 0 Å². The summed E-state index contributed by atoms with van der Waals surface area (Å²) in [4.78, 5) is 10.5. The van der Waals surface area contributed by atoms with E-state index in [0.29, 0.717) is 11.4 Å². The lowest BCUT2D eigenvalue weighted by Gasteiger charge is -2.10. The summed E-state index contributed by atoms with van der Waals surface area (Å²) in [5, 5.41) is 7.56. The Bertz CT molecular complexity index is 2810. The highest BCUT2D eigenvalue weighted by Crippen LogP contribution is 2.44. The lowest BCUT2D eigenvalue weighted by molar-refractivity contribution is 0.667. The van der Waals surface area contributed by atoms with Crippen LogP contribution in [0.15, 0.2) is 154 Å². The zero-order chi connectivity index (χ0) is 30.2. The second kappa shape index (κ2) is 9.62. The highest BCUT2D eigenvalue weighted by Gasteiger charge is 2.22. The molecule has 4 heteroatoms. The van der Waals surface area contributed by atoms with E-state index in [1.807, 2.05) is 30.3 Å². The van der Waals surface area contributed by atoms with Crippen molar-refractivity contribution in [2.45, 2.75) is 0 Å². The maximum atomic E-state index is 6.65. The van der Waals surface area contributed by atoms with Crippen LogP contribution in [-0.2, 0) is 0 Å². The Morgan fingerprint density at radius 3 is 2.02 bits per heavy atom. The number of hydrogen-bond donors (Lipinski definition) is 0. The van der Waals surface area contributed by atoms with Crippen molar-refractivity contribution in [3.8, 4) is 33.8 Å². The molecule has 0 unspecified atom stereocenters. The van der Waals surface area contributed by atoms with Gasteiger partial charge in [-0.3, -0.25) is 0 Å². The van der Waals surface area contributed by atoms with Gasteiger partial charge in [-0.05, 0) is 57.6 Å². The summed E-state index contributed by atoms with van der Waals surface area (Å²) < 4.78 is 13.1. The number of para-hydroxylation sites is 1. The summed E-state index contributed by atoms with van der Waals surface area (Å²) in [6, 6.07) is 50.3. The maximum absolute atomic E-state index is 6.65. The van der Waals surface area contributed by atoms with Gasteiger partial charge in [0.1, 0.15) is 28.0 Å². The molecule has 3 heterocycles. The molecule has 0 aliphatic rings. The third-order valence-corrected chi connectivity index (χ3v) is 9.07. The highest BCUT2D eigenvalue weighted by atomic mass is 16.3. The molecular weight excluding hydrogens is 564 g/mol. The molecule has 10 rings (SSSR count). The number of nitrogens with zero attached hydrogens (tertiary/aromatic N) is 2. The minimum Gasteiger partial charge on any atom is -0.455 e. The number of fused-ring (bicyclic) bond motifs is 9. The standard InChI is InChI=1S/C42H24N2O2/c1-2-12-26(13-3-1)33-24-34-37-32(18-10-20-36(37)46-40(34)30-16-7-6-15-29(30)33)42-43-38(28-22-21-25-11-4-5-14-27(25)23-28)41-39(44-42)31-17-8-9-19-35(31)45-41/h1-24H.